The maximum atomic E-state index is 16.3. The van der Waals surface area contributed by atoms with Crippen LogP contribution in [-0.4, -0.2) is 55.5 Å². The van der Waals surface area contributed by atoms with E-state index in [1.54, 1.807) is 25.3 Å². The molecule has 2 aromatic carbocycles. The predicted molar refractivity (Wildman–Crippen MR) is 169 cm³/mol. The number of piperidine rings is 1. The Bertz CT molecular complexity index is 1920. The summed E-state index contributed by atoms with van der Waals surface area (Å²) in [6.45, 7) is 2.84. The molecule has 4 N–H and O–H groups in total. The molecule has 1 saturated carbocycles. The first kappa shape index (κ1) is 26.8. The SMILES string of the molecule is CC(=O)N1C2CC1CN(c1cccc(-c3ccc4nc(-c5cccnc5N)n(-c5ccc(C6(N)CCC6)cc5)c4n3)c1F)C2. The van der Waals surface area contributed by atoms with Gasteiger partial charge in [-0.15, -0.1) is 0 Å². The highest BCUT2D eigenvalue weighted by Crippen LogP contribution is 2.40. The van der Waals surface area contributed by atoms with Crippen molar-refractivity contribution in [2.45, 2.75) is 50.2 Å². The van der Waals surface area contributed by atoms with Crippen LogP contribution < -0.4 is 16.4 Å². The van der Waals surface area contributed by atoms with Crippen LogP contribution in [0.3, 0.4) is 0 Å². The summed E-state index contributed by atoms with van der Waals surface area (Å²) in [5.41, 5.74) is 18.0. The summed E-state index contributed by atoms with van der Waals surface area (Å²) < 4.78 is 18.2. The summed E-state index contributed by atoms with van der Waals surface area (Å²) in [5, 5.41) is 0. The Labute approximate surface area is 254 Å². The highest BCUT2D eigenvalue weighted by atomic mass is 19.1. The monoisotopic (exact) mass is 588 g/mol. The minimum atomic E-state index is -0.323. The number of nitrogens with zero attached hydrogens (tertiary/aromatic N) is 6. The Morgan fingerprint density at radius 3 is 2.39 bits per heavy atom. The van der Waals surface area contributed by atoms with Gasteiger partial charge >= 0.3 is 0 Å². The molecule has 5 aromatic rings. The molecule has 9 rings (SSSR count). The number of benzene rings is 2. The van der Waals surface area contributed by atoms with Gasteiger partial charge in [0.2, 0.25) is 5.91 Å². The summed E-state index contributed by atoms with van der Waals surface area (Å²) in [6, 6.07) is 21.3. The fourth-order valence-corrected chi connectivity index (χ4v) is 7.21. The second-order valence-corrected chi connectivity index (χ2v) is 12.3. The zero-order chi connectivity index (χ0) is 30.2. The number of aromatic nitrogens is 4. The van der Waals surface area contributed by atoms with Crippen molar-refractivity contribution >= 4 is 28.6 Å². The number of pyridine rings is 2. The summed E-state index contributed by atoms with van der Waals surface area (Å²) in [4.78, 5) is 30.2. The number of nitrogens with two attached hydrogens (primary N) is 2. The van der Waals surface area contributed by atoms with Crippen molar-refractivity contribution in [3.63, 3.8) is 0 Å². The summed E-state index contributed by atoms with van der Waals surface area (Å²) in [7, 11) is 0. The number of piperazine rings is 1. The lowest BCUT2D eigenvalue weighted by molar-refractivity contribution is -0.143. The molecule has 2 atom stereocenters. The van der Waals surface area contributed by atoms with Crippen molar-refractivity contribution < 1.29 is 9.18 Å². The number of hydrogen-bond donors (Lipinski definition) is 2. The van der Waals surface area contributed by atoms with Crippen molar-refractivity contribution in [1.29, 1.82) is 0 Å². The van der Waals surface area contributed by atoms with E-state index < -0.39 is 0 Å². The molecule has 3 saturated heterocycles. The van der Waals surface area contributed by atoms with E-state index in [1.165, 1.54) is 0 Å². The Hall–Kier alpha value is -4.83. The maximum Gasteiger partial charge on any atom is 0.220 e. The van der Waals surface area contributed by atoms with Gasteiger partial charge in [0.15, 0.2) is 17.3 Å². The van der Waals surface area contributed by atoms with Gasteiger partial charge in [-0.1, -0.05) is 18.2 Å². The molecule has 2 unspecified atom stereocenters. The second-order valence-electron chi connectivity index (χ2n) is 12.3. The Balaban J connectivity index is 1.22. The Morgan fingerprint density at radius 2 is 1.70 bits per heavy atom. The fraction of sp³-hybridized carbons (Fsp3) is 0.294. The maximum absolute atomic E-state index is 16.3. The molecular formula is C34H33FN8O. The average Bonchev–Trinajstić information content (AvgIpc) is 3.38. The third-order valence-corrected chi connectivity index (χ3v) is 9.68. The van der Waals surface area contributed by atoms with Crippen LogP contribution in [0.5, 0.6) is 0 Å². The molecule has 1 aliphatic carbocycles. The molecule has 222 valence electrons. The second kappa shape index (κ2) is 9.85. The van der Waals surface area contributed by atoms with Crippen LogP contribution >= 0.6 is 0 Å². The van der Waals surface area contributed by atoms with Crippen molar-refractivity contribution in [2.75, 3.05) is 23.7 Å². The van der Waals surface area contributed by atoms with Gasteiger partial charge in [-0.05, 0) is 79.8 Å². The molecule has 0 radical (unpaired) electrons. The van der Waals surface area contributed by atoms with Gasteiger partial charge in [-0.25, -0.2) is 19.3 Å². The van der Waals surface area contributed by atoms with Gasteiger partial charge in [-0.3, -0.25) is 9.36 Å². The van der Waals surface area contributed by atoms with Crippen LogP contribution in [0.4, 0.5) is 15.9 Å². The quantitative estimate of drug-likeness (QED) is 0.296. The standard InChI is InChI=1S/C34H33FN8O/c1-20(44)42-23-17-24(42)19-41(18-23)29-7-2-5-25(30(29)35)27-12-13-28-33(39-27)43(32(40-28)26-6-3-16-38-31(26)36)22-10-8-21(9-11-22)34(37)14-4-15-34/h2-3,5-13,16,23-24H,4,14-15,17-19,37H2,1H3,(H2,36,38). The van der Waals surface area contributed by atoms with Gasteiger partial charge in [0, 0.05) is 43.0 Å². The van der Waals surface area contributed by atoms with Crippen LogP contribution in [0.2, 0.25) is 0 Å². The highest BCUT2D eigenvalue weighted by molar-refractivity contribution is 5.85. The summed E-state index contributed by atoms with van der Waals surface area (Å²) >= 11 is 0. The van der Waals surface area contributed by atoms with Gasteiger partial charge in [0.1, 0.15) is 11.3 Å². The van der Waals surface area contributed by atoms with Crippen molar-refractivity contribution in [1.82, 2.24) is 24.4 Å². The first-order valence-corrected chi connectivity index (χ1v) is 15.1. The molecule has 4 fully saturated rings. The predicted octanol–water partition coefficient (Wildman–Crippen LogP) is 5.02. The van der Waals surface area contributed by atoms with Gasteiger partial charge in [0.05, 0.1) is 29.0 Å². The molecule has 9 nitrogen and oxygen atoms in total. The number of hydrogen-bond acceptors (Lipinski definition) is 7. The van der Waals surface area contributed by atoms with Gasteiger partial charge in [0.25, 0.3) is 0 Å². The van der Waals surface area contributed by atoms with Crippen LogP contribution in [0.15, 0.2) is 72.9 Å². The lowest BCUT2D eigenvalue weighted by atomic mass is 9.73. The molecule has 10 heteroatoms. The van der Waals surface area contributed by atoms with E-state index in [-0.39, 0.29) is 29.3 Å². The van der Waals surface area contributed by atoms with E-state index in [4.69, 9.17) is 21.4 Å². The smallest absolute Gasteiger partial charge is 0.220 e. The number of nitrogen functional groups attached to an aromatic ring is 1. The summed E-state index contributed by atoms with van der Waals surface area (Å²) in [6.07, 6.45) is 5.70. The van der Waals surface area contributed by atoms with Crippen LogP contribution in [0, 0.1) is 5.82 Å². The van der Waals surface area contributed by atoms with E-state index in [0.717, 1.165) is 36.9 Å². The van der Waals surface area contributed by atoms with E-state index in [2.05, 4.69) is 22.0 Å². The third kappa shape index (κ3) is 4.08. The number of rotatable bonds is 5. The fourth-order valence-electron chi connectivity index (χ4n) is 7.21. The number of amides is 1. The van der Waals surface area contributed by atoms with E-state index in [1.807, 2.05) is 51.9 Å². The number of carbonyl (C=O) groups excluding carboxylic acids is 1. The normalized spacial score (nSPS) is 20.3. The molecule has 2 bridgehead atoms. The third-order valence-electron chi connectivity index (χ3n) is 9.68. The minimum absolute atomic E-state index is 0.0851. The van der Waals surface area contributed by atoms with E-state index in [0.29, 0.717) is 58.4 Å². The van der Waals surface area contributed by atoms with Crippen LogP contribution in [0.1, 0.15) is 38.2 Å². The lowest BCUT2D eigenvalue weighted by Crippen LogP contribution is -2.70. The molecule has 3 aliphatic heterocycles. The number of carbonyl (C=O) groups is 1. The van der Waals surface area contributed by atoms with Crippen LogP contribution in [-0.2, 0) is 10.3 Å². The largest absolute Gasteiger partial charge is 0.383 e. The Morgan fingerprint density at radius 1 is 0.955 bits per heavy atom. The number of halogens is 1. The first-order valence-electron chi connectivity index (χ1n) is 15.1. The molecular weight excluding hydrogens is 555 g/mol. The number of anilines is 2. The van der Waals surface area contributed by atoms with Crippen molar-refractivity contribution in [2.24, 2.45) is 5.73 Å². The van der Waals surface area contributed by atoms with Crippen molar-refractivity contribution in [3.05, 3.63) is 84.3 Å². The first-order chi connectivity index (χ1) is 21.3. The highest BCUT2D eigenvalue weighted by Gasteiger charge is 2.46. The molecule has 1 amide bonds. The van der Waals surface area contributed by atoms with E-state index in [9.17, 15) is 4.79 Å². The zero-order valence-electron chi connectivity index (χ0n) is 24.4. The lowest BCUT2D eigenvalue weighted by Gasteiger charge is -2.56. The molecule has 3 aromatic heterocycles. The Kier molecular flexibility index (Phi) is 5.99. The molecule has 0 spiro atoms. The summed E-state index contributed by atoms with van der Waals surface area (Å²) in [5.74, 6) is 0.724. The molecule has 4 aliphatic rings. The molecule has 44 heavy (non-hydrogen) atoms. The average molecular weight is 589 g/mol. The van der Waals surface area contributed by atoms with E-state index >= 15 is 4.39 Å². The number of imidazole rings is 1. The van der Waals surface area contributed by atoms with Crippen molar-refractivity contribution in [3.8, 4) is 28.3 Å². The minimum Gasteiger partial charge on any atom is -0.383 e. The number of fused-ring (bicyclic) bond motifs is 3. The van der Waals surface area contributed by atoms with Crippen LogP contribution in [0.25, 0.3) is 39.5 Å². The topological polar surface area (TPSA) is 119 Å². The molecule has 6 heterocycles. The zero-order valence-corrected chi connectivity index (χ0v) is 24.4. The van der Waals surface area contributed by atoms with Gasteiger partial charge in [-0.2, -0.15) is 0 Å². The van der Waals surface area contributed by atoms with Gasteiger partial charge < -0.3 is 21.3 Å².